The van der Waals surface area contributed by atoms with Crippen LogP contribution in [0.15, 0.2) is 24.4 Å². The standard InChI is InChI=1S/C14H16FN3O2/c1-14(2,3)18-12(8-16-17-18)9-5-10(13(19)20-4)7-11(15)6-9/h5-8H,1-4H3. The van der Waals surface area contributed by atoms with Crippen molar-refractivity contribution in [1.82, 2.24) is 15.0 Å². The number of benzene rings is 1. The van der Waals surface area contributed by atoms with Gasteiger partial charge >= 0.3 is 5.97 Å². The zero-order valence-electron chi connectivity index (χ0n) is 11.8. The predicted octanol–water partition coefficient (Wildman–Crippen LogP) is 2.63. The molecule has 6 heteroatoms. The highest BCUT2D eigenvalue weighted by molar-refractivity contribution is 5.90. The van der Waals surface area contributed by atoms with Crippen LogP contribution < -0.4 is 0 Å². The van der Waals surface area contributed by atoms with Crippen LogP contribution >= 0.6 is 0 Å². The molecule has 0 atom stereocenters. The molecule has 1 heterocycles. The highest BCUT2D eigenvalue weighted by atomic mass is 19.1. The fraction of sp³-hybridized carbons (Fsp3) is 0.357. The van der Waals surface area contributed by atoms with Crippen LogP contribution in [0.1, 0.15) is 31.1 Å². The van der Waals surface area contributed by atoms with Crippen LogP contribution in [0.25, 0.3) is 11.3 Å². The zero-order valence-corrected chi connectivity index (χ0v) is 11.8. The summed E-state index contributed by atoms with van der Waals surface area (Å²) in [5.74, 6) is -1.09. The molecule has 106 valence electrons. The van der Waals surface area contributed by atoms with Crippen LogP contribution in [-0.4, -0.2) is 28.1 Å². The Morgan fingerprint density at radius 3 is 2.60 bits per heavy atom. The Morgan fingerprint density at radius 1 is 1.30 bits per heavy atom. The molecule has 0 spiro atoms. The van der Waals surface area contributed by atoms with Crippen molar-refractivity contribution in [2.45, 2.75) is 26.3 Å². The lowest BCUT2D eigenvalue weighted by atomic mass is 10.0. The van der Waals surface area contributed by atoms with Gasteiger partial charge < -0.3 is 4.74 Å². The Labute approximate surface area is 116 Å². The summed E-state index contributed by atoms with van der Waals surface area (Å²) in [6.07, 6.45) is 1.54. The van der Waals surface area contributed by atoms with E-state index in [9.17, 15) is 9.18 Å². The van der Waals surface area contributed by atoms with Crippen molar-refractivity contribution in [1.29, 1.82) is 0 Å². The molecule has 0 fully saturated rings. The molecule has 0 N–H and O–H groups in total. The van der Waals surface area contributed by atoms with Gasteiger partial charge in [0.1, 0.15) is 5.82 Å². The summed E-state index contributed by atoms with van der Waals surface area (Å²) in [5, 5.41) is 7.88. The first-order valence-corrected chi connectivity index (χ1v) is 6.13. The SMILES string of the molecule is COC(=O)c1cc(F)cc(-c2cnnn2C(C)(C)C)c1. The van der Waals surface area contributed by atoms with Gasteiger partial charge in [0.15, 0.2) is 0 Å². The van der Waals surface area contributed by atoms with Crippen molar-refractivity contribution in [3.8, 4) is 11.3 Å². The van der Waals surface area contributed by atoms with E-state index in [-0.39, 0.29) is 11.1 Å². The largest absolute Gasteiger partial charge is 0.465 e. The molecule has 0 aliphatic rings. The van der Waals surface area contributed by atoms with Gasteiger partial charge in [-0.3, -0.25) is 0 Å². The van der Waals surface area contributed by atoms with Crippen LogP contribution in [0.5, 0.6) is 0 Å². The average Bonchev–Trinajstić information content (AvgIpc) is 2.86. The third-order valence-electron chi connectivity index (χ3n) is 2.80. The molecule has 0 aliphatic carbocycles. The molecule has 0 bridgehead atoms. The van der Waals surface area contributed by atoms with Gasteiger partial charge in [-0.2, -0.15) is 0 Å². The van der Waals surface area contributed by atoms with Gasteiger partial charge in [-0.05, 0) is 39.0 Å². The van der Waals surface area contributed by atoms with Crippen LogP contribution in [-0.2, 0) is 10.3 Å². The summed E-state index contributed by atoms with van der Waals surface area (Å²) in [4.78, 5) is 11.5. The highest BCUT2D eigenvalue weighted by Gasteiger charge is 2.20. The molecule has 0 radical (unpaired) electrons. The number of esters is 1. The minimum absolute atomic E-state index is 0.157. The van der Waals surface area contributed by atoms with Crippen LogP contribution in [0.2, 0.25) is 0 Å². The maximum absolute atomic E-state index is 13.7. The van der Waals surface area contributed by atoms with E-state index in [4.69, 9.17) is 0 Å². The number of methoxy groups -OCH3 is 1. The van der Waals surface area contributed by atoms with Gasteiger partial charge in [0, 0.05) is 5.56 Å². The van der Waals surface area contributed by atoms with Crippen LogP contribution in [0, 0.1) is 5.82 Å². The molecule has 5 nitrogen and oxygen atoms in total. The molecule has 1 aromatic carbocycles. The van der Waals surface area contributed by atoms with Crippen molar-refractivity contribution in [3.05, 3.63) is 35.8 Å². The smallest absolute Gasteiger partial charge is 0.337 e. The third kappa shape index (κ3) is 2.68. The second-order valence-electron chi connectivity index (χ2n) is 5.42. The first-order valence-electron chi connectivity index (χ1n) is 6.13. The lowest BCUT2D eigenvalue weighted by Crippen LogP contribution is -2.24. The van der Waals surface area contributed by atoms with E-state index in [2.05, 4.69) is 15.0 Å². The predicted molar refractivity (Wildman–Crippen MR) is 71.8 cm³/mol. The van der Waals surface area contributed by atoms with E-state index in [0.717, 1.165) is 6.07 Å². The molecular formula is C14H16FN3O2. The van der Waals surface area contributed by atoms with Gasteiger partial charge in [-0.25, -0.2) is 13.9 Å². The van der Waals surface area contributed by atoms with Crippen molar-refractivity contribution in [2.75, 3.05) is 7.11 Å². The summed E-state index contributed by atoms with van der Waals surface area (Å²) in [6, 6.07) is 4.05. The minimum Gasteiger partial charge on any atom is -0.465 e. The number of carbonyl (C=O) groups excluding carboxylic acids is 1. The number of carbonyl (C=O) groups is 1. The quantitative estimate of drug-likeness (QED) is 0.792. The molecular weight excluding hydrogens is 261 g/mol. The first-order chi connectivity index (χ1) is 9.32. The summed E-state index contributed by atoms with van der Waals surface area (Å²) in [7, 11) is 1.26. The van der Waals surface area contributed by atoms with E-state index in [1.165, 1.54) is 13.2 Å². The number of aromatic nitrogens is 3. The average molecular weight is 277 g/mol. The van der Waals surface area contributed by atoms with Crippen LogP contribution in [0.3, 0.4) is 0 Å². The minimum atomic E-state index is -0.583. The number of ether oxygens (including phenoxy) is 1. The number of halogens is 1. The molecule has 0 saturated carbocycles. The summed E-state index contributed by atoms with van der Waals surface area (Å²) in [5.41, 5.74) is 1.03. The normalized spacial score (nSPS) is 11.4. The van der Waals surface area contributed by atoms with E-state index < -0.39 is 11.8 Å². The van der Waals surface area contributed by atoms with Crippen LogP contribution in [0.4, 0.5) is 4.39 Å². The second-order valence-corrected chi connectivity index (χ2v) is 5.42. The fourth-order valence-corrected chi connectivity index (χ4v) is 1.90. The third-order valence-corrected chi connectivity index (χ3v) is 2.80. The molecule has 2 rings (SSSR count). The molecule has 0 amide bonds. The lowest BCUT2D eigenvalue weighted by molar-refractivity contribution is 0.0600. The molecule has 0 saturated heterocycles. The Morgan fingerprint density at radius 2 is 2.00 bits per heavy atom. The molecule has 1 aromatic heterocycles. The lowest BCUT2D eigenvalue weighted by Gasteiger charge is -2.21. The van der Waals surface area contributed by atoms with Crippen molar-refractivity contribution < 1.29 is 13.9 Å². The summed E-state index contributed by atoms with van der Waals surface area (Å²) in [6.45, 7) is 5.89. The Hall–Kier alpha value is -2.24. The molecule has 20 heavy (non-hydrogen) atoms. The maximum atomic E-state index is 13.7. The van der Waals surface area contributed by atoms with Gasteiger partial charge in [-0.1, -0.05) is 5.21 Å². The fourth-order valence-electron chi connectivity index (χ4n) is 1.90. The molecule has 2 aromatic rings. The van der Waals surface area contributed by atoms with E-state index in [1.807, 2.05) is 20.8 Å². The van der Waals surface area contributed by atoms with E-state index >= 15 is 0 Å². The van der Waals surface area contributed by atoms with E-state index in [1.54, 1.807) is 16.9 Å². The second kappa shape index (κ2) is 5.03. The van der Waals surface area contributed by atoms with E-state index in [0.29, 0.717) is 11.3 Å². The van der Waals surface area contributed by atoms with Gasteiger partial charge in [-0.15, -0.1) is 5.10 Å². The zero-order chi connectivity index (χ0) is 14.9. The number of hydrogen-bond acceptors (Lipinski definition) is 4. The van der Waals surface area contributed by atoms with Gasteiger partial charge in [0.25, 0.3) is 0 Å². The number of nitrogens with zero attached hydrogens (tertiary/aromatic N) is 3. The van der Waals surface area contributed by atoms with Crippen molar-refractivity contribution in [3.63, 3.8) is 0 Å². The Balaban J connectivity index is 2.57. The van der Waals surface area contributed by atoms with Crippen molar-refractivity contribution >= 4 is 5.97 Å². The monoisotopic (exact) mass is 277 g/mol. The Bertz CT molecular complexity index is 644. The van der Waals surface area contributed by atoms with Gasteiger partial charge in [0.2, 0.25) is 0 Å². The topological polar surface area (TPSA) is 57.0 Å². The van der Waals surface area contributed by atoms with Gasteiger partial charge in [0.05, 0.1) is 30.1 Å². The number of rotatable bonds is 2. The first kappa shape index (κ1) is 14.2. The highest BCUT2D eigenvalue weighted by Crippen LogP contribution is 2.26. The Kier molecular flexibility index (Phi) is 3.57. The summed E-state index contributed by atoms with van der Waals surface area (Å²) < 4.78 is 20.0. The number of hydrogen-bond donors (Lipinski definition) is 0. The van der Waals surface area contributed by atoms with Crippen molar-refractivity contribution in [2.24, 2.45) is 0 Å². The molecule has 0 aliphatic heterocycles. The maximum Gasteiger partial charge on any atom is 0.337 e. The summed E-state index contributed by atoms with van der Waals surface area (Å²) >= 11 is 0. The molecule has 0 unspecified atom stereocenters.